The van der Waals surface area contributed by atoms with Crippen LogP contribution in [0.3, 0.4) is 0 Å². The molecule has 0 bridgehead atoms. The fourth-order valence-corrected chi connectivity index (χ4v) is 2.94. The predicted molar refractivity (Wildman–Crippen MR) is 66.9 cm³/mol. The zero-order valence-electron chi connectivity index (χ0n) is 8.41. The first kappa shape index (κ1) is 10.6. The molecule has 0 aliphatic rings. The lowest BCUT2D eigenvalue weighted by atomic mass is 10.2. The smallest absolute Gasteiger partial charge is 0.130 e. The number of hydrogen-bond donors (Lipinski definition) is 1. The average molecular weight is 284 g/mol. The number of aryl methyl sites for hydroxylation is 1. The number of anilines is 1. The summed E-state index contributed by atoms with van der Waals surface area (Å²) < 4.78 is 1.05. The van der Waals surface area contributed by atoms with Gasteiger partial charge < -0.3 is 5.73 Å². The third-order valence-corrected chi connectivity index (χ3v) is 3.97. The largest absolute Gasteiger partial charge is 0.383 e. The molecule has 0 spiro atoms. The van der Waals surface area contributed by atoms with Crippen LogP contribution < -0.4 is 5.73 Å². The Morgan fingerprint density at radius 1 is 1.33 bits per heavy atom. The van der Waals surface area contributed by atoms with E-state index in [1.807, 2.05) is 25.3 Å². The van der Waals surface area contributed by atoms with Crippen molar-refractivity contribution in [1.82, 2.24) is 9.97 Å². The van der Waals surface area contributed by atoms with Crippen molar-refractivity contribution >= 4 is 33.1 Å². The van der Waals surface area contributed by atoms with E-state index in [-0.39, 0.29) is 0 Å². The number of hydrogen-bond acceptors (Lipinski definition) is 4. The van der Waals surface area contributed by atoms with Gasteiger partial charge in [0.15, 0.2) is 0 Å². The van der Waals surface area contributed by atoms with E-state index in [1.54, 1.807) is 11.3 Å². The van der Waals surface area contributed by atoms with E-state index in [0.29, 0.717) is 11.6 Å². The van der Waals surface area contributed by atoms with E-state index in [0.717, 1.165) is 20.6 Å². The maximum atomic E-state index is 5.82. The Morgan fingerprint density at radius 3 is 2.67 bits per heavy atom. The molecule has 0 unspecified atom stereocenters. The monoisotopic (exact) mass is 283 g/mol. The molecule has 0 aliphatic carbocycles. The molecular formula is C10H10BrN3S. The van der Waals surface area contributed by atoms with Crippen molar-refractivity contribution in [1.29, 1.82) is 0 Å². The average Bonchev–Trinajstić information content (AvgIpc) is 2.58. The molecule has 78 valence electrons. The zero-order valence-corrected chi connectivity index (χ0v) is 10.8. The molecule has 0 saturated heterocycles. The van der Waals surface area contributed by atoms with Crippen LogP contribution >= 0.6 is 27.3 Å². The van der Waals surface area contributed by atoms with E-state index in [1.165, 1.54) is 0 Å². The molecule has 0 amide bonds. The third kappa shape index (κ3) is 1.89. The Kier molecular flexibility index (Phi) is 2.75. The van der Waals surface area contributed by atoms with Gasteiger partial charge in [-0.3, -0.25) is 0 Å². The fraction of sp³-hybridized carbons (Fsp3) is 0.200. The summed E-state index contributed by atoms with van der Waals surface area (Å²) in [5.41, 5.74) is 7.67. The number of rotatable bonds is 1. The van der Waals surface area contributed by atoms with Gasteiger partial charge in [0, 0.05) is 10.0 Å². The number of nitrogens with two attached hydrogens (primary N) is 1. The molecule has 2 aromatic rings. The second-order valence-corrected chi connectivity index (χ2v) is 5.00. The molecule has 0 radical (unpaired) electrons. The van der Waals surface area contributed by atoms with Gasteiger partial charge in [0.1, 0.15) is 11.6 Å². The number of aromatic nitrogens is 2. The highest BCUT2D eigenvalue weighted by molar-refractivity contribution is 9.10. The highest BCUT2D eigenvalue weighted by Gasteiger charge is 2.12. The standard InChI is InChI=1S/C10H10BrN3S/c1-5-8(9-7(11)3-4-15-9)13-6(2)14-10(5)12/h3-4H,1-2H3,(H2,12,13,14). The molecule has 0 aromatic carbocycles. The minimum Gasteiger partial charge on any atom is -0.383 e. The van der Waals surface area contributed by atoms with E-state index in [2.05, 4.69) is 25.9 Å². The highest BCUT2D eigenvalue weighted by atomic mass is 79.9. The summed E-state index contributed by atoms with van der Waals surface area (Å²) in [6.07, 6.45) is 0. The summed E-state index contributed by atoms with van der Waals surface area (Å²) in [5, 5.41) is 2.02. The van der Waals surface area contributed by atoms with Crippen LogP contribution in [-0.4, -0.2) is 9.97 Å². The molecule has 0 fully saturated rings. The fourth-order valence-electron chi connectivity index (χ4n) is 1.33. The summed E-state index contributed by atoms with van der Waals surface area (Å²) in [5.74, 6) is 1.26. The molecule has 0 aliphatic heterocycles. The van der Waals surface area contributed by atoms with Crippen molar-refractivity contribution in [2.45, 2.75) is 13.8 Å². The maximum Gasteiger partial charge on any atom is 0.130 e. The molecule has 0 saturated carbocycles. The van der Waals surface area contributed by atoms with E-state index in [9.17, 15) is 0 Å². The summed E-state index contributed by atoms with van der Waals surface area (Å²) in [7, 11) is 0. The van der Waals surface area contributed by atoms with Gasteiger partial charge in [-0.25, -0.2) is 9.97 Å². The molecule has 5 heteroatoms. The van der Waals surface area contributed by atoms with Crippen molar-refractivity contribution in [3.8, 4) is 10.6 Å². The minimum atomic E-state index is 0.554. The molecule has 15 heavy (non-hydrogen) atoms. The lowest BCUT2D eigenvalue weighted by Gasteiger charge is -2.06. The van der Waals surface area contributed by atoms with Crippen LogP contribution in [0.1, 0.15) is 11.4 Å². The number of thiophene rings is 1. The second kappa shape index (κ2) is 3.90. The Hall–Kier alpha value is -0.940. The topological polar surface area (TPSA) is 51.8 Å². The first-order valence-corrected chi connectivity index (χ1v) is 6.11. The van der Waals surface area contributed by atoms with Gasteiger partial charge in [-0.2, -0.15) is 0 Å². The van der Waals surface area contributed by atoms with Crippen LogP contribution in [0.5, 0.6) is 0 Å². The van der Waals surface area contributed by atoms with Gasteiger partial charge in [-0.1, -0.05) is 0 Å². The Labute approximate surface area is 101 Å². The summed E-state index contributed by atoms with van der Waals surface area (Å²) in [6, 6.07) is 2.01. The van der Waals surface area contributed by atoms with E-state index in [4.69, 9.17) is 5.73 Å². The van der Waals surface area contributed by atoms with Crippen molar-refractivity contribution in [3.63, 3.8) is 0 Å². The third-order valence-electron chi connectivity index (χ3n) is 2.13. The first-order chi connectivity index (χ1) is 7.09. The molecule has 2 rings (SSSR count). The Balaban J connectivity index is 2.68. The van der Waals surface area contributed by atoms with Gasteiger partial charge in [0.25, 0.3) is 0 Å². The maximum absolute atomic E-state index is 5.82. The Morgan fingerprint density at radius 2 is 2.07 bits per heavy atom. The van der Waals surface area contributed by atoms with Crippen LogP contribution in [0.15, 0.2) is 15.9 Å². The molecule has 2 N–H and O–H groups in total. The Bertz CT molecular complexity index is 507. The summed E-state index contributed by atoms with van der Waals surface area (Å²) in [6.45, 7) is 3.79. The van der Waals surface area contributed by atoms with E-state index < -0.39 is 0 Å². The van der Waals surface area contributed by atoms with Gasteiger partial charge in [-0.05, 0) is 41.2 Å². The predicted octanol–water partition coefficient (Wildman–Crippen LogP) is 3.17. The molecule has 2 heterocycles. The lowest BCUT2D eigenvalue weighted by molar-refractivity contribution is 1.05. The second-order valence-electron chi connectivity index (χ2n) is 3.23. The van der Waals surface area contributed by atoms with Crippen LogP contribution in [-0.2, 0) is 0 Å². The molecule has 3 nitrogen and oxygen atoms in total. The van der Waals surface area contributed by atoms with Crippen molar-refractivity contribution in [2.24, 2.45) is 0 Å². The van der Waals surface area contributed by atoms with Gasteiger partial charge in [0.05, 0.1) is 10.6 Å². The number of nitrogens with zero attached hydrogens (tertiary/aromatic N) is 2. The summed E-state index contributed by atoms with van der Waals surface area (Å²) in [4.78, 5) is 9.66. The normalized spacial score (nSPS) is 10.6. The van der Waals surface area contributed by atoms with Gasteiger partial charge in [-0.15, -0.1) is 11.3 Å². The van der Waals surface area contributed by atoms with Crippen LogP contribution in [0.4, 0.5) is 5.82 Å². The quantitative estimate of drug-likeness (QED) is 0.875. The van der Waals surface area contributed by atoms with Crippen molar-refractivity contribution in [2.75, 3.05) is 5.73 Å². The van der Waals surface area contributed by atoms with Gasteiger partial charge in [0.2, 0.25) is 0 Å². The van der Waals surface area contributed by atoms with Crippen LogP contribution in [0.2, 0.25) is 0 Å². The zero-order chi connectivity index (χ0) is 11.0. The van der Waals surface area contributed by atoms with Gasteiger partial charge >= 0.3 is 0 Å². The SMILES string of the molecule is Cc1nc(N)c(C)c(-c2sccc2Br)n1. The van der Waals surface area contributed by atoms with E-state index >= 15 is 0 Å². The van der Waals surface area contributed by atoms with Crippen LogP contribution in [0.25, 0.3) is 10.6 Å². The number of nitrogen functional groups attached to an aromatic ring is 1. The first-order valence-electron chi connectivity index (χ1n) is 4.43. The van der Waals surface area contributed by atoms with Crippen molar-refractivity contribution in [3.05, 3.63) is 27.3 Å². The van der Waals surface area contributed by atoms with Crippen LogP contribution in [0, 0.1) is 13.8 Å². The molecule has 2 aromatic heterocycles. The summed E-state index contributed by atoms with van der Waals surface area (Å²) >= 11 is 5.14. The highest BCUT2D eigenvalue weighted by Crippen LogP contribution is 2.35. The minimum absolute atomic E-state index is 0.554. The molecular weight excluding hydrogens is 274 g/mol. The number of halogens is 1. The molecule has 0 atom stereocenters. The lowest BCUT2D eigenvalue weighted by Crippen LogP contribution is -2.01. The van der Waals surface area contributed by atoms with Crippen molar-refractivity contribution < 1.29 is 0 Å².